The summed E-state index contributed by atoms with van der Waals surface area (Å²) in [6, 6.07) is 5.85. The van der Waals surface area contributed by atoms with Crippen LogP contribution in [0.25, 0.3) is 11.0 Å². The lowest BCUT2D eigenvalue weighted by atomic mass is 9.96. The van der Waals surface area contributed by atoms with Gasteiger partial charge in [-0.3, -0.25) is 4.79 Å². The van der Waals surface area contributed by atoms with Gasteiger partial charge in [-0.05, 0) is 43.9 Å². The molecule has 0 saturated carbocycles. The van der Waals surface area contributed by atoms with Crippen LogP contribution < -0.4 is 4.74 Å². The summed E-state index contributed by atoms with van der Waals surface area (Å²) >= 11 is 0. The predicted octanol–water partition coefficient (Wildman–Crippen LogP) is 3.95. The second-order valence-electron chi connectivity index (χ2n) is 6.33. The van der Waals surface area contributed by atoms with E-state index in [1.165, 1.54) is 18.4 Å². The summed E-state index contributed by atoms with van der Waals surface area (Å²) in [6.07, 6.45) is 6.63. The summed E-state index contributed by atoms with van der Waals surface area (Å²) in [7, 11) is 1.83. The molecular formula is C19H25NO3. The Bertz CT molecular complexity index is 689. The Kier molecular flexibility index (Phi) is 4.89. The van der Waals surface area contributed by atoms with Crippen LogP contribution in [0.2, 0.25) is 0 Å². The van der Waals surface area contributed by atoms with E-state index in [4.69, 9.17) is 9.15 Å². The summed E-state index contributed by atoms with van der Waals surface area (Å²) < 4.78 is 11.6. The van der Waals surface area contributed by atoms with Crippen molar-refractivity contribution in [3.63, 3.8) is 0 Å². The van der Waals surface area contributed by atoms with Crippen LogP contribution in [0.4, 0.5) is 0 Å². The molecule has 124 valence electrons. The minimum atomic E-state index is 0.0211. The molecular weight excluding hydrogens is 290 g/mol. The molecule has 1 aromatic carbocycles. The molecule has 0 fully saturated rings. The van der Waals surface area contributed by atoms with E-state index >= 15 is 0 Å². The fourth-order valence-corrected chi connectivity index (χ4v) is 3.11. The van der Waals surface area contributed by atoms with Crippen LogP contribution in [0, 0.1) is 0 Å². The van der Waals surface area contributed by atoms with Crippen molar-refractivity contribution in [3.8, 4) is 5.75 Å². The lowest BCUT2D eigenvalue weighted by Gasteiger charge is -2.17. The zero-order valence-corrected chi connectivity index (χ0v) is 14.1. The van der Waals surface area contributed by atoms with Gasteiger partial charge in [0.25, 0.3) is 5.91 Å². The van der Waals surface area contributed by atoms with E-state index < -0.39 is 0 Å². The lowest BCUT2D eigenvalue weighted by Crippen LogP contribution is -2.32. The van der Waals surface area contributed by atoms with Gasteiger partial charge in [0.15, 0.2) is 6.61 Å². The number of rotatable bonds is 6. The molecule has 0 N–H and O–H groups in total. The largest absolute Gasteiger partial charge is 0.484 e. The summed E-state index contributed by atoms with van der Waals surface area (Å²) in [6.45, 7) is 2.99. The number of carbonyl (C=O) groups is 1. The first kappa shape index (κ1) is 15.9. The van der Waals surface area contributed by atoms with Gasteiger partial charge in [-0.1, -0.05) is 13.3 Å². The van der Waals surface area contributed by atoms with Crippen molar-refractivity contribution >= 4 is 16.9 Å². The smallest absolute Gasteiger partial charge is 0.260 e. The third kappa shape index (κ3) is 3.52. The third-order valence-corrected chi connectivity index (χ3v) is 4.56. The van der Waals surface area contributed by atoms with Crippen molar-refractivity contribution in [2.45, 2.75) is 45.4 Å². The van der Waals surface area contributed by atoms with Crippen LogP contribution >= 0.6 is 0 Å². The maximum atomic E-state index is 12.1. The van der Waals surface area contributed by atoms with Gasteiger partial charge >= 0.3 is 0 Å². The minimum Gasteiger partial charge on any atom is -0.484 e. The van der Waals surface area contributed by atoms with E-state index in [0.29, 0.717) is 0 Å². The normalized spacial score (nSPS) is 13.8. The molecule has 1 aromatic heterocycles. The number of fused-ring (bicyclic) bond motifs is 3. The van der Waals surface area contributed by atoms with Gasteiger partial charge in [-0.25, -0.2) is 0 Å². The van der Waals surface area contributed by atoms with Gasteiger partial charge in [0.2, 0.25) is 0 Å². The van der Waals surface area contributed by atoms with Crippen molar-refractivity contribution < 1.29 is 13.9 Å². The number of ether oxygens (including phenoxy) is 1. The van der Waals surface area contributed by atoms with Gasteiger partial charge in [-0.15, -0.1) is 0 Å². The van der Waals surface area contributed by atoms with Crippen molar-refractivity contribution in [2.24, 2.45) is 0 Å². The number of carbonyl (C=O) groups excluding carboxylic acids is 1. The summed E-state index contributed by atoms with van der Waals surface area (Å²) in [5.74, 6) is 1.88. The molecule has 3 rings (SSSR count). The average molecular weight is 315 g/mol. The van der Waals surface area contributed by atoms with E-state index in [1.54, 1.807) is 4.90 Å². The molecule has 4 nitrogen and oxygen atoms in total. The van der Waals surface area contributed by atoms with Crippen LogP contribution in [0.3, 0.4) is 0 Å². The number of benzene rings is 1. The molecule has 0 atom stereocenters. The van der Waals surface area contributed by atoms with Gasteiger partial charge in [0, 0.05) is 31.0 Å². The molecule has 0 bridgehead atoms. The standard InChI is InChI=1S/C19H25NO3/c1-3-4-11-20(2)19(21)13-22-14-9-10-18-16(12-14)15-7-5-6-8-17(15)23-18/h9-10,12H,3-8,11,13H2,1-2H3. The molecule has 1 heterocycles. The minimum absolute atomic E-state index is 0.0211. The highest BCUT2D eigenvalue weighted by molar-refractivity contribution is 5.84. The van der Waals surface area contributed by atoms with Crippen molar-refractivity contribution in [1.29, 1.82) is 0 Å². The molecule has 1 aliphatic rings. The highest BCUT2D eigenvalue weighted by Gasteiger charge is 2.18. The zero-order valence-electron chi connectivity index (χ0n) is 14.1. The van der Waals surface area contributed by atoms with E-state index in [-0.39, 0.29) is 12.5 Å². The molecule has 0 spiro atoms. The van der Waals surface area contributed by atoms with Gasteiger partial charge in [0.05, 0.1) is 0 Å². The van der Waals surface area contributed by atoms with E-state index in [2.05, 4.69) is 6.92 Å². The average Bonchev–Trinajstić information content (AvgIpc) is 2.95. The molecule has 4 heteroatoms. The molecule has 0 radical (unpaired) electrons. The maximum absolute atomic E-state index is 12.1. The number of hydrogen-bond acceptors (Lipinski definition) is 3. The Morgan fingerprint density at radius 2 is 2.13 bits per heavy atom. The van der Waals surface area contributed by atoms with E-state index in [9.17, 15) is 4.79 Å². The number of hydrogen-bond donors (Lipinski definition) is 0. The fraction of sp³-hybridized carbons (Fsp3) is 0.526. The van der Waals surface area contributed by atoms with Crippen LogP contribution in [0.5, 0.6) is 5.75 Å². The zero-order chi connectivity index (χ0) is 16.2. The molecule has 1 amide bonds. The van der Waals surface area contributed by atoms with Gasteiger partial charge in [-0.2, -0.15) is 0 Å². The molecule has 0 aliphatic heterocycles. The van der Waals surface area contributed by atoms with E-state index in [1.807, 2.05) is 25.2 Å². The monoisotopic (exact) mass is 315 g/mol. The van der Waals surface area contributed by atoms with E-state index in [0.717, 1.165) is 54.7 Å². The topological polar surface area (TPSA) is 42.7 Å². The van der Waals surface area contributed by atoms with Gasteiger partial charge in [0.1, 0.15) is 17.1 Å². The number of unbranched alkanes of at least 4 members (excludes halogenated alkanes) is 1. The fourth-order valence-electron chi connectivity index (χ4n) is 3.11. The second-order valence-corrected chi connectivity index (χ2v) is 6.33. The van der Waals surface area contributed by atoms with Crippen molar-refractivity contribution in [1.82, 2.24) is 4.90 Å². The first-order valence-electron chi connectivity index (χ1n) is 8.60. The van der Waals surface area contributed by atoms with Crippen LogP contribution in [0.1, 0.15) is 43.9 Å². The van der Waals surface area contributed by atoms with Crippen molar-refractivity contribution in [2.75, 3.05) is 20.2 Å². The first-order chi connectivity index (χ1) is 11.2. The first-order valence-corrected chi connectivity index (χ1v) is 8.60. The predicted molar refractivity (Wildman–Crippen MR) is 90.9 cm³/mol. The SMILES string of the molecule is CCCCN(C)C(=O)COc1ccc2oc3c(c2c1)CCCC3. The number of nitrogens with zero attached hydrogens (tertiary/aromatic N) is 1. The van der Waals surface area contributed by atoms with Crippen LogP contribution in [0.15, 0.2) is 22.6 Å². The third-order valence-electron chi connectivity index (χ3n) is 4.56. The number of likely N-dealkylation sites (N-methyl/N-ethyl adjacent to an activating group) is 1. The number of furan rings is 1. The number of amides is 1. The Morgan fingerprint density at radius 3 is 2.96 bits per heavy atom. The highest BCUT2D eigenvalue weighted by atomic mass is 16.5. The summed E-state index contributed by atoms with van der Waals surface area (Å²) in [4.78, 5) is 13.8. The Hall–Kier alpha value is -1.97. The van der Waals surface area contributed by atoms with Crippen LogP contribution in [-0.2, 0) is 17.6 Å². The second kappa shape index (κ2) is 7.07. The maximum Gasteiger partial charge on any atom is 0.260 e. The summed E-state index contributed by atoms with van der Waals surface area (Å²) in [5, 5.41) is 1.14. The molecule has 23 heavy (non-hydrogen) atoms. The molecule has 0 saturated heterocycles. The molecule has 1 aliphatic carbocycles. The lowest BCUT2D eigenvalue weighted by molar-refractivity contribution is -0.132. The highest BCUT2D eigenvalue weighted by Crippen LogP contribution is 2.33. The Morgan fingerprint density at radius 1 is 1.30 bits per heavy atom. The van der Waals surface area contributed by atoms with Crippen molar-refractivity contribution in [3.05, 3.63) is 29.5 Å². The van der Waals surface area contributed by atoms with Gasteiger partial charge < -0.3 is 14.1 Å². The molecule has 0 unspecified atom stereocenters. The Balaban J connectivity index is 1.67. The van der Waals surface area contributed by atoms with Crippen LogP contribution in [-0.4, -0.2) is 31.0 Å². The Labute approximate surface area is 137 Å². The summed E-state index contributed by atoms with van der Waals surface area (Å²) in [5.41, 5.74) is 2.25. The number of aryl methyl sites for hydroxylation is 2. The quantitative estimate of drug-likeness (QED) is 0.810. The molecule has 2 aromatic rings.